The summed E-state index contributed by atoms with van der Waals surface area (Å²) in [6, 6.07) is 23.7. The molecule has 0 heterocycles. The third-order valence-corrected chi connectivity index (χ3v) is 11.2. The minimum absolute atomic E-state index is 0.0495. The van der Waals surface area contributed by atoms with Crippen molar-refractivity contribution in [2.24, 2.45) is 0 Å². The van der Waals surface area contributed by atoms with Gasteiger partial charge in [-0.05, 0) is 79.1 Å². The second-order valence-electron chi connectivity index (χ2n) is 11.9. The molecule has 258 valence electrons. The van der Waals surface area contributed by atoms with Crippen molar-refractivity contribution in [1.29, 1.82) is 0 Å². The van der Waals surface area contributed by atoms with Crippen LogP contribution < -0.4 is 14.4 Å². The summed E-state index contributed by atoms with van der Waals surface area (Å²) in [5.74, 6) is -1.18. The zero-order valence-electron chi connectivity index (χ0n) is 27.0. The van der Waals surface area contributed by atoms with Gasteiger partial charge in [0.1, 0.15) is 24.2 Å². The molecule has 5 rings (SSSR count). The Morgan fingerprint density at radius 2 is 1.51 bits per heavy atom. The van der Waals surface area contributed by atoms with Crippen LogP contribution >= 0.6 is 23.2 Å². The van der Waals surface area contributed by atoms with E-state index in [9.17, 15) is 22.4 Å². The molecule has 49 heavy (non-hydrogen) atoms. The van der Waals surface area contributed by atoms with Crippen molar-refractivity contribution in [2.45, 2.75) is 62.0 Å². The van der Waals surface area contributed by atoms with E-state index in [1.165, 1.54) is 48.4 Å². The lowest BCUT2D eigenvalue weighted by molar-refractivity contribution is -0.140. The Hall–Kier alpha value is -4.12. The largest absolute Gasteiger partial charge is 0.497 e. The number of anilines is 1. The van der Waals surface area contributed by atoms with Crippen molar-refractivity contribution in [3.63, 3.8) is 0 Å². The first-order valence-corrected chi connectivity index (χ1v) is 18.3. The van der Waals surface area contributed by atoms with E-state index in [2.05, 4.69) is 5.32 Å². The number of sulfonamides is 1. The molecule has 12 heteroatoms. The second-order valence-corrected chi connectivity index (χ2v) is 14.6. The lowest BCUT2D eigenvalue weighted by atomic mass is 9.94. The van der Waals surface area contributed by atoms with E-state index in [0.717, 1.165) is 54.1 Å². The summed E-state index contributed by atoms with van der Waals surface area (Å²) >= 11 is 13.2. The highest BCUT2D eigenvalue weighted by Gasteiger charge is 2.36. The normalized spacial score (nSPS) is 14.1. The standard InChI is InChI=1S/C37H38Cl2FN3O5S/c1-48-30-19-21-31(22-20-30)49(46,47)43(29-17-15-27(40)16-18-29)25-36(44)42(24-32-33(38)13-8-14-34(32)39)35(23-26-9-4-2-5-10-26)37(45)41-28-11-6-3-7-12-28/h2,4-5,8-10,13-22,28,35H,3,6-7,11-12,23-25H2,1H3,(H,41,45)/t35-/m1/s1. The SMILES string of the molecule is COc1ccc(S(=O)(=O)N(CC(=O)N(Cc2c(Cl)cccc2Cl)[C@H](Cc2ccccc2)C(=O)NC2CCCCC2)c2ccc(F)cc2)cc1. The molecule has 1 saturated carbocycles. The van der Waals surface area contributed by atoms with Gasteiger partial charge >= 0.3 is 0 Å². The van der Waals surface area contributed by atoms with Gasteiger partial charge in [-0.3, -0.25) is 13.9 Å². The molecule has 0 bridgehead atoms. The summed E-state index contributed by atoms with van der Waals surface area (Å²) in [4.78, 5) is 30.2. The number of rotatable bonds is 13. The average molecular weight is 727 g/mol. The lowest BCUT2D eigenvalue weighted by Gasteiger charge is -2.35. The summed E-state index contributed by atoms with van der Waals surface area (Å²) in [6.07, 6.45) is 4.87. The van der Waals surface area contributed by atoms with Crippen LogP contribution in [0.2, 0.25) is 10.0 Å². The molecule has 0 aliphatic heterocycles. The summed E-state index contributed by atoms with van der Waals surface area (Å²) in [6.45, 7) is -0.878. The molecule has 1 aliphatic carbocycles. The maximum absolute atomic E-state index is 14.7. The monoisotopic (exact) mass is 725 g/mol. The lowest BCUT2D eigenvalue weighted by Crippen LogP contribution is -2.55. The van der Waals surface area contributed by atoms with E-state index >= 15 is 0 Å². The number of hydrogen-bond acceptors (Lipinski definition) is 5. The van der Waals surface area contributed by atoms with Crippen LogP contribution in [0.5, 0.6) is 5.75 Å². The van der Waals surface area contributed by atoms with Gasteiger partial charge in [0.25, 0.3) is 10.0 Å². The summed E-state index contributed by atoms with van der Waals surface area (Å²) < 4.78 is 48.5. The molecule has 0 radical (unpaired) electrons. The van der Waals surface area contributed by atoms with Gasteiger partial charge in [0, 0.05) is 34.6 Å². The highest BCUT2D eigenvalue weighted by molar-refractivity contribution is 7.92. The number of benzene rings is 4. The van der Waals surface area contributed by atoms with Crippen LogP contribution in [0.3, 0.4) is 0 Å². The van der Waals surface area contributed by atoms with Gasteiger partial charge in [0.2, 0.25) is 11.8 Å². The Balaban J connectivity index is 1.58. The number of carbonyl (C=O) groups excluding carboxylic acids is 2. The van der Waals surface area contributed by atoms with Crippen molar-refractivity contribution < 1.29 is 27.1 Å². The van der Waals surface area contributed by atoms with Crippen molar-refractivity contribution in [2.75, 3.05) is 18.0 Å². The van der Waals surface area contributed by atoms with E-state index in [0.29, 0.717) is 11.3 Å². The molecular weight excluding hydrogens is 688 g/mol. The van der Waals surface area contributed by atoms with Crippen LogP contribution in [0.1, 0.15) is 43.2 Å². The molecule has 0 unspecified atom stereocenters. The number of methoxy groups -OCH3 is 1. The van der Waals surface area contributed by atoms with Gasteiger partial charge in [-0.25, -0.2) is 12.8 Å². The Labute approximate surface area is 296 Å². The summed E-state index contributed by atoms with van der Waals surface area (Å²) in [5, 5.41) is 3.74. The zero-order chi connectivity index (χ0) is 35.0. The van der Waals surface area contributed by atoms with E-state index in [-0.39, 0.29) is 45.5 Å². The molecule has 0 saturated heterocycles. The fourth-order valence-electron chi connectivity index (χ4n) is 5.96. The van der Waals surface area contributed by atoms with Crippen LogP contribution in [0, 0.1) is 5.82 Å². The topological polar surface area (TPSA) is 96.0 Å². The number of halogens is 3. The Kier molecular flexibility index (Phi) is 12.2. The predicted molar refractivity (Wildman–Crippen MR) is 190 cm³/mol. The molecule has 0 aromatic heterocycles. The minimum Gasteiger partial charge on any atom is -0.497 e. The molecule has 1 fully saturated rings. The molecule has 4 aromatic carbocycles. The zero-order valence-corrected chi connectivity index (χ0v) is 29.4. The molecule has 4 aromatic rings. The summed E-state index contributed by atoms with van der Waals surface area (Å²) in [5.41, 5.74) is 1.28. The van der Waals surface area contributed by atoms with Gasteiger partial charge in [-0.2, -0.15) is 0 Å². The van der Waals surface area contributed by atoms with Gasteiger partial charge in [0.05, 0.1) is 17.7 Å². The van der Waals surface area contributed by atoms with E-state index in [4.69, 9.17) is 27.9 Å². The Morgan fingerprint density at radius 3 is 2.12 bits per heavy atom. The van der Waals surface area contributed by atoms with Crippen LogP contribution in [0.25, 0.3) is 0 Å². The number of carbonyl (C=O) groups is 2. The molecular formula is C37H38Cl2FN3O5S. The molecule has 8 nitrogen and oxygen atoms in total. The maximum Gasteiger partial charge on any atom is 0.264 e. The quantitative estimate of drug-likeness (QED) is 0.155. The van der Waals surface area contributed by atoms with E-state index < -0.39 is 34.3 Å². The first-order valence-electron chi connectivity index (χ1n) is 16.1. The number of nitrogens with one attached hydrogen (secondary N) is 1. The van der Waals surface area contributed by atoms with Gasteiger partial charge < -0.3 is 15.0 Å². The fraction of sp³-hybridized carbons (Fsp3) is 0.297. The van der Waals surface area contributed by atoms with Crippen molar-refractivity contribution >= 4 is 50.7 Å². The molecule has 1 aliphatic rings. The van der Waals surface area contributed by atoms with Crippen LogP contribution in [0.4, 0.5) is 10.1 Å². The molecule has 1 atom stereocenters. The molecule has 0 spiro atoms. The highest BCUT2D eigenvalue weighted by atomic mass is 35.5. The second kappa shape index (κ2) is 16.5. The fourth-order valence-corrected chi connectivity index (χ4v) is 7.89. The first kappa shape index (κ1) is 36.2. The number of ether oxygens (including phenoxy) is 1. The van der Waals surface area contributed by atoms with E-state index in [1.54, 1.807) is 18.2 Å². The van der Waals surface area contributed by atoms with Crippen molar-refractivity contribution in [1.82, 2.24) is 10.2 Å². The van der Waals surface area contributed by atoms with Crippen molar-refractivity contribution in [3.8, 4) is 5.75 Å². The van der Waals surface area contributed by atoms with Gasteiger partial charge in [-0.1, -0.05) is 78.9 Å². The van der Waals surface area contributed by atoms with Crippen LogP contribution in [-0.2, 0) is 32.6 Å². The van der Waals surface area contributed by atoms with Crippen molar-refractivity contribution in [3.05, 3.63) is 124 Å². The minimum atomic E-state index is -4.38. The summed E-state index contributed by atoms with van der Waals surface area (Å²) in [7, 11) is -2.92. The predicted octanol–water partition coefficient (Wildman–Crippen LogP) is 7.43. The Bertz CT molecular complexity index is 1820. The highest BCUT2D eigenvalue weighted by Crippen LogP contribution is 2.30. The third kappa shape index (κ3) is 9.12. The number of nitrogens with zero attached hydrogens (tertiary/aromatic N) is 2. The van der Waals surface area contributed by atoms with Gasteiger partial charge in [-0.15, -0.1) is 0 Å². The van der Waals surface area contributed by atoms with Gasteiger partial charge in [0.15, 0.2) is 0 Å². The number of hydrogen-bond donors (Lipinski definition) is 1. The smallest absolute Gasteiger partial charge is 0.264 e. The van der Waals surface area contributed by atoms with E-state index in [1.807, 2.05) is 30.3 Å². The number of amides is 2. The third-order valence-electron chi connectivity index (χ3n) is 8.65. The molecule has 2 amide bonds. The Morgan fingerprint density at radius 1 is 0.878 bits per heavy atom. The maximum atomic E-state index is 14.7. The molecule has 1 N–H and O–H groups in total. The first-order chi connectivity index (χ1) is 23.6. The van der Waals surface area contributed by atoms with Crippen LogP contribution in [0.15, 0.2) is 102 Å². The van der Waals surface area contributed by atoms with Crippen LogP contribution in [-0.4, -0.2) is 50.9 Å². The average Bonchev–Trinajstić information content (AvgIpc) is 3.11.